The van der Waals surface area contributed by atoms with Crippen molar-refractivity contribution in [2.75, 3.05) is 0 Å². The molecule has 1 atom stereocenters. The fourth-order valence-electron chi connectivity index (χ4n) is 1.28. The highest BCUT2D eigenvalue weighted by atomic mass is 35.5. The second kappa shape index (κ2) is 5.73. The molecule has 0 bridgehead atoms. The molecule has 0 saturated carbocycles. The normalized spacial score (nSPS) is 21.8. The summed E-state index contributed by atoms with van der Waals surface area (Å²) in [5.74, 6) is -0.0651. The molecule has 1 fully saturated rings. The summed E-state index contributed by atoms with van der Waals surface area (Å²) >= 11 is 13.3. The monoisotopic (exact) mass is 301 g/mol. The van der Waals surface area contributed by atoms with Crippen molar-refractivity contribution in [2.45, 2.75) is 12.2 Å². The van der Waals surface area contributed by atoms with E-state index in [2.05, 4.69) is 15.5 Å². The molecule has 0 aromatic heterocycles. The van der Waals surface area contributed by atoms with Gasteiger partial charge in [0.25, 0.3) is 0 Å². The Bertz CT molecular complexity index is 525. The van der Waals surface area contributed by atoms with Gasteiger partial charge >= 0.3 is 0 Å². The van der Waals surface area contributed by atoms with Crippen LogP contribution >= 0.6 is 35.0 Å². The quantitative estimate of drug-likeness (QED) is 0.674. The number of thioether (sulfide) groups is 1. The van der Waals surface area contributed by atoms with Crippen molar-refractivity contribution in [2.24, 2.45) is 10.2 Å². The van der Waals surface area contributed by atoms with Crippen LogP contribution in [-0.2, 0) is 4.79 Å². The van der Waals surface area contributed by atoms with Crippen molar-refractivity contribution in [3.63, 3.8) is 0 Å². The van der Waals surface area contributed by atoms with Gasteiger partial charge in [0.15, 0.2) is 5.17 Å². The van der Waals surface area contributed by atoms with E-state index < -0.39 is 0 Å². The van der Waals surface area contributed by atoms with Crippen molar-refractivity contribution in [3.8, 4) is 0 Å². The number of amidine groups is 1. The SMILES string of the molecule is CC1S/C(=N/N=Cc2c(Cl)cccc2Cl)NC1=O. The largest absolute Gasteiger partial charge is 0.303 e. The summed E-state index contributed by atoms with van der Waals surface area (Å²) in [6.45, 7) is 1.80. The zero-order chi connectivity index (χ0) is 13.1. The van der Waals surface area contributed by atoms with E-state index in [1.165, 1.54) is 18.0 Å². The predicted molar refractivity (Wildman–Crippen MR) is 76.7 cm³/mol. The molecule has 18 heavy (non-hydrogen) atoms. The minimum atomic E-state index is -0.136. The maximum atomic E-state index is 11.2. The molecule has 1 N–H and O–H groups in total. The van der Waals surface area contributed by atoms with Gasteiger partial charge in [0.05, 0.1) is 21.5 Å². The second-order valence-corrected chi connectivity index (χ2v) is 5.68. The Kier molecular flexibility index (Phi) is 4.27. The fourth-order valence-corrected chi connectivity index (χ4v) is 2.53. The van der Waals surface area contributed by atoms with Crippen LogP contribution < -0.4 is 5.32 Å². The standard InChI is InChI=1S/C11H9Cl2N3OS/c1-6-10(17)15-11(18-6)16-14-5-7-8(12)3-2-4-9(7)13/h2-6H,1H3,(H,15,16,17). The van der Waals surface area contributed by atoms with Crippen LogP contribution in [0.3, 0.4) is 0 Å². The van der Waals surface area contributed by atoms with Crippen LogP contribution in [0.25, 0.3) is 0 Å². The molecule has 2 rings (SSSR count). The van der Waals surface area contributed by atoms with Gasteiger partial charge in [0.1, 0.15) is 0 Å². The zero-order valence-corrected chi connectivity index (χ0v) is 11.7. The molecule has 4 nitrogen and oxygen atoms in total. The lowest BCUT2D eigenvalue weighted by molar-refractivity contribution is -0.118. The highest BCUT2D eigenvalue weighted by Crippen LogP contribution is 2.22. The molecule has 1 amide bonds. The molecule has 1 saturated heterocycles. The van der Waals surface area contributed by atoms with Crippen LogP contribution in [0, 0.1) is 0 Å². The smallest absolute Gasteiger partial charge is 0.239 e. The third-order valence-electron chi connectivity index (χ3n) is 2.22. The Morgan fingerprint density at radius 2 is 2.06 bits per heavy atom. The highest BCUT2D eigenvalue weighted by Gasteiger charge is 2.25. The van der Waals surface area contributed by atoms with Crippen molar-refractivity contribution < 1.29 is 4.79 Å². The molecule has 7 heteroatoms. The van der Waals surface area contributed by atoms with Gasteiger partial charge < -0.3 is 5.32 Å². The number of benzene rings is 1. The first kappa shape index (κ1) is 13.4. The first-order valence-corrected chi connectivity index (χ1v) is 6.74. The maximum absolute atomic E-state index is 11.2. The van der Waals surface area contributed by atoms with Crippen LogP contribution in [0.1, 0.15) is 12.5 Å². The van der Waals surface area contributed by atoms with Gasteiger partial charge in [-0.15, -0.1) is 5.10 Å². The number of hydrogen-bond acceptors (Lipinski definition) is 4. The van der Waals surface area contributed by atoms with Gasteiger partial charge in [0.2, 0.25) is 5.91 Å². The Morgan fingerprint density at radius 3 is 2.61 bits per heavy atom. The van der Waals surface area contributed by atoms with Crippen molar-refractivity contribution in [3.05, 3.63) is 33.8 Å². The van der Waals surface area contributed by atoms with Crippen LogP contribution in [0.4, 0.5) is 0 Å². The van der Waals surface area contributed by atoms with Crippen molar-refractivity contribution in [1.29, 1.82) is 0 Å². The lowest BCUT2D eigenvalue weighted by atomic mass is 10.2. The molecule has 1 heterocycles. The molecule has 1 aliphatic heterocycles. The summed E-state index contributed by atoms with van der Waals surface area (Å²) in [5, 5.41) is 11.7. The van der Waals surface area contributed by atoms with Crippen LogP contribution in [-0.4, -0.2) is 22.5 Å². The zero-order valence-electron chi connectivity index (χ0n) is 9.35. The Labute approximate surface area is 118 Å². The summed E-state index contributed by atoms with van der Waals surface area (Å²) in [6, 6.07) is 5.19. The molecule has 1 aromatic rings. The Hall–Kier alpha value is -1.04. The molecule has 0 radical (unpaired) electrons. The van der Waals surface area contributed by atoms with E-state index in [4.69, 9.17) is 23.2 Å². The average molecular weight is 302 g/mol. The number of carbonyl (C=O) groups is 1. The molecule has 0 aliphatic carbocycles. The number of amides is 1. The molecule has 0 spiro atoms. The van der Waals surface area contributed by atoms with Crippen LogP contribution in [0.15, 0.2) is 28.4 Å². The summed E-state index contributed by atoms with van der Waals surface area (Å²) in [7, 11) is 0. The number of nitrogens with one attached hydrogen (secondary N) is 1. The van der Waals surface area contributed by atoms with E-state index in [0.717, 1.165) is 0 Å². The van der Waals surface area contributed by atoms with Gasteiger partial charge in [-0.25, -0.2) is 0 Å². The fraction of sp³-hybridized carbons (Fsp3) is 0.182. The summed E-state index contributed by atoms with van der Waals surface area (Å²) < 4.78 is 0. The molecule has 1 unspecified atom stereocenters. The van der Waals surface area contributed by atoms with Gasteiger partial charge in [-0.3, -0.25) is 4.79 Å². The summed E-state index contributed by atoms with van der Waals surface area (Å²) in [4.78, 5) is 11.2. The lowest BCUT2D eigenvalue weighted by Crippen LogP contribution is -2.23. The minimum absolute atomic E-state index is 0.0651. The van der Waals surface area contributed by atoms with Gasteiger partial charge in [0, 0.05) is 5.56 Å². The van der Waals surface area contributed by atoms with Gasteiger partial charge in [-0.1, -0.05) is 41.0 Å². The number of rotatable bonds is 2. The maximum Gasteiger partial charge on any atom is 0.239 e. The number of nitrogens with zero attached hydrogens (tertiary/aromatic N) is 2. The van der Waals surface area contributed by atoms with Crippen molar-refractivity contribution >= 4 is 52.3 Å². The average Bonchev–Trinajstić information content (AvgIpc) is 2.62. The predicted octanol–water partition coefficient (Wildman–Crippen LogP) is 2.93. The van der Waals surface area contributed by atoms with Gasteiger partial charge in [-0.05, 0) is 19.1 Å². The third-order valence-corrected chi connectivity index (χ3v) is 3.86. The summed E-state index contributed by atoms with van der Waals surface area (Å²) in [5.41, 5.74) is 0.604. The van der Waals surface area contributed by atoms with Crippen LogP contribution in [0.5, 0.6) is 0 Å². The van der Waals surface area contributed by atoms with E-state index in [9.17, 15) is 4.79 Å². The topological polar surface area (TPSA) is 53.8 Å². The first-order valence-electron chi connectivity index (χ1n) is 5.10. The van der Waals surface area contributed by atoms with E-state index in [1.807, 2.05) is 0 Å². The summed E-state index contributed by atoms with van der Waals surface area (Å²) in [6.07, 6.45) is 1.47. The molecule has 1 aliphatic rings. The van der Waals surface area contributed by atoms with Crippen LogP contribution in [0.2, 0.25) is 10.0 Å². The highest BCUT2D eigenvalue weighted by molar-refractivity contribution is 8.15. The van der Waals surface area contributed by atoms with E-state index >= 15 is 0 Å². The number of hydrogen-bond donors (Lipinski definition) is 1. The second-order valence-electron chi connectivity index (χ2n) is 3.53. The first-order chi connectivity index (χ1) is 8.58. The van der Waals surface area contributed by atoms with E-state index in [-0.39, 0.29) is 11.2 Å². The molecule has 94 valence electrons. The Morgan fingerprint density at radius 1 is 1.39 bits per heavy atom. The lowest BCUT2D eigenvalue weighted by Gasteiger charge is -1.98. The molecular weight excluding hydrogens is 293 g/mol. The number of carbonyl (C=O) groups excluding carboxylic acids is 1. The Balaban J connectivity index is 2.13. The molecular formula is C11H9Cl2N3OS. The van der Waals surface area contributed by atoms with E-state index in [0.29, 0.717) is 20.8 Å². The molecule has 1 aromatic carbocycles. The van der Waals surface area contributed by atoms with Gasteiger partial charge in [-0.2, -0.15) is 5.10 Å². The number of halogens is 2. The van der Waals surface area contributed by atoms with E-state index in [1.54, 1.807) is 25.1 Å². The third kappa shape index (κ3) is 3.04. The minimum Gasteiger partial charge on any atom is -0.303 e. The van der Waals surface area contributed by atoms with Crippen molar-refractivity contribution in [1.82, 2.24) is 5.32 Å².